The van der Waals surface area contributed by atoms with Crippen LogP contribution in [-0.4, -0.2) is 0 Å². The molecule has 0 aliphatic heterocycles. The van der Waals surface area contributed by atoms with E-state index < -0.39 is 0 Å². The molecule has 0 bridgehead atoms. The Labute approximate surface area is 421 Å². The summed E-state index contributed by atoms with van der Waals surface area (Å²) in [4.78, 5) is 0. The van der Waals surface area contributed by atoms with E-state index in [9.17, 15) is 0 Å². The van der Waals surface area contributed by atoms with Crippen LogP contribution in [0.5, 0.6) is 0 Å². The van der Waals surface area contributed by atoms with E-state index in [1.165, 1.54) is 276 Å². The van der Waals surface area contributed by atoms with Crippen molar-refractivity contribution in [3.8, 4) is 33.4 Å². The molecule has 4 aromatic carbocycles. The lowest BCUT2D eigenvalue weighted by Gasteiger charge is -2.34. The summed E-state index contributed by atoms with van der Waals surface area (Å²) in [5.41, 5.74) is 18.5. The molecule has 0 heteroatoms. The Morgan fingerprint density at radius 1 is 0.250 bits per heavy atom. The number of unbranched alkanes of at least 4 members (excludes halogenated alkanes) is 28. The van der Waals surface area contributed by atoms with Gasteiger partial charge in [0.1, 0.15) is 0 Å². The van der Waals surface area contributed by atoms with Crippen LogP contribution in [0.1, 0.15) is 292 Å². The van der Waals surface area contributed by atoms with Crippen LogP contribution in [0, 0.1) is 13.8 Å². The normalized spacial score (nSPS) is 14.0. The highest BCUT2D eigenvalue weighted by Gasteiger charge is 2.44. The first-order chi connectivity index (χ1) is 33.4. The third-order valence-electron chi connectivity index (χ3n) is 17.2. The molecule has 0 heterocycles. The molecular formula is C68H102. The van der Waals surface area contributed by atoms with Gasteiger partial charge in [0.25, 0.3) is 0 Å². The molecule has 374 valence electrons. The lowest BCUT2D eigenvalue weighted by atomic mass is 9.69. The molecule has 6 rings (SSSR count). The number of benzene rings is 4. The second kappa shape index (κ2) is 29.3. The van der Waals surface area contributed by atoms with Gasteiger partial charge in [-0.25, -0.2) is 0 Å². The van der Waals surface area contributed by atoms with Crippen molar-refractivity contribution in [3.63, 3.8) is 0 Å². The largest absolute Gasteiger partial charge is 0.0654 e. The molecule has 0 fully saturated rings. The summed E-state index contributed by atoms with van der Waals surface area (Å²) in [6, 6.07) is 30.6. The first kappa shape index (κ1) is 54.2. The highest BCUT2D eigenvalue weighted by atomic mass is 14.5. The van der Waals surface area contributed by atoms with Crippen LogP contribution >= 0.6 is 0 Å². The van der Waals surface area contributed by atoms with Gasteiger partial charge in [0.05, 0.1) is 0 Å². The second-order valence-corrected chi connectivity index (χ2v) is 22.7. The number of aryl methyl sites for hydroxylation is 2. The first-order valence-corrected chi connectivity index (χ1v) is 29.9. The Hall–Kier alpha value is -3.12. The summed E-state index contributed by atoms with van der Waals surface area (Å²) in [6.07, 6.45) is 49.4. The molecule has 4 aromatic rings. The molecule has 0 radical (unpaired) electrons. The average molecular weight is 920 g/mol. The Morgan fingerprint density at radius 2 is 0.471 bits per heavy atom. The van der Waals surface area contributed by atoms with E-state index in [2.05, 4.69) is 114 Å². The molecule has 0 aromatic heterocycles. The van der Waals surface area contributed by atoms with E-state index in [4.69, 9.17) is 0 Å². The van der Waals surface area contributed by atoms with Gasteiger partial charge in [0.15, 0.2) is 0 Å². The van der Waals surface area contributed by atoms with Crippen molar-refractivity contribution in [3.05, 3.63) is 106 Å². The average Bonchev–Trinajstić information content (AvgIpc) is 3.76. The Kier molecular flexibility index (Phi) is 23.3. The summed E-state index contributed by atoms with van der Waals surface area (Å²) in [5, 5.41) is 0. The van der Waals surface area contributed by atoms with Gasteiger partial charge < -0.3 is 0 Å². The van der Waals surface area contributed by atoms with E-state index >= 15 is 0 Å². The molecule has 0 unspecified atom stereocenters. The second-order valence-electron chi connectivity index (χ2n) is 22.7. The Morgan fingerprint density at radius 3 is 0.735 bits per heavy atom. The number of hydrogen-bond acceptors (Lipinski definition) is 0. The maximum absolute atomic E-state index is 2.73. The van der Waals surface area contributed by atoms with E-state index in [1.54, 1.807) is 22.3 Å². The van der Waals surface area contributed by atoms with E-state index in [0.29, 0.717) is 0 Å². The fraction of sp³-hybridized carbons (Fsp3) is 0.647. The molecule has 0 spiro atoms. The number of rotatable bonds is 37. The van der Waals surface area contributed by atoms with Gasteiger partial charge in [0.2, 0.25) is 0 Å². The molecule has 0 amide bonds. The van der Waals surface area contributed by atoms with Gasteiger partial charge in [-0.1, -0.05) is 305 Å². The third kappa shape index (κ3) is 14.5. The van der Waals surface area contributed by atoms with Crippen LogP contribution in [0.2, 0.25) is 0 Å². The predicted octanol–water partition coefficient (Wildman–Crippen LogP) is 22.6. The smallest absolute Gasteiger partial charge is 0.0215 e. The van der Waals surface area contributed by atoms with Crippen molar-refractivity contribution < 1.29 is 0 Å². The van der Waals surface area contributed by atoms with Crippen molar-refractivity contribution >= 4 is 0 Å². The monoisotopic (exact) mass is 919 g/mol. The minimum Gasteiger partial charge on any atom is -0.0654 e. The highest BCUT2D eigenvalue weighted by Crippen LogP contribution is 2.57. The standard InChI is InChI=1S/C68H102/c1-7-11-15-19-23-25-27-29-33-37-49-68(50-38-34-30-28-26-24-20-16-12-8-2)64-52-56(6)40-44-60(64)62-46-42-58(54-66(62)68)57-41-45-61-59-43-39-55(5)51-63(59)67(65(61)53-57,47-35-31-21-17-13-9-3)48-36-32-22-18-14-10-4/h39-46,51-54H,7-38,47-50H2,1-6H3. The Bertz CT molecular complexity index is 2000. The molecule has 0 saturated heterocycles. The minimum atomic E-state index is 0.0940. The van der Waals surface area contributed by atoms with Crippen molar-refractivity contribution in [1.29, 1.82) is 0 Å². The van der Waals surface area contributed by atoms with Gasteiger partial charge in [-0.15, -0.1) is 0 Å². The summed E-state index contributed by atoms with van der Waals surface area (Å²) < 4.78 is 0. The zero-order valence-electron chi connectivity index (χ0n) is 45.4. The Balaban J connectivity index is 1.31. The summed E-state index contributed by atoms with van der Waals surface area (Å²) in [5.74, 6) is 0. The van der Waals surface area contributed by atoms with Crippen LogP contribution < -0.4 is 0 Å². The summed E-state index contributed by atoms with van der Waals surface area (Å²) >= 11 is 0. The zero-order valence-corrected chi connectivity index (χ0v) is 45.4. The molecule has 0 atom stereocenters. The van der Waals surface area contributed by atoms with Gasteiger partial charge in [-0.05, 0) is 107 Å². The molecule has 0 saturated carbocycles. The fourth-order valence-corrected chi connectivity index (χ4v) is 13.1. The van der Waals surface area contributed by atoms with Gasteiger partial charge in [-0.2, -0.15) is 0 Å². The first-order valence-electron chi connectivity index (χ1n) is 29.9. The molecule has 2 aliphatic carbocycles. The van der Waals surface area contributed by atoms with Crippen molar-refractivity contribution in [1.82, 2.24) is 0 Å². The highest BCUT2D eigenvalue weighted by molar-refractivity contribution is 5.87. The van der Waals surface area contributed by atoms with Crippen LogP contribution in [-0.2, 0) is 10.8 Å². The van der Waals surface area contributed by atoms with Crippen LogP contribution in [0.15, 0.2) is 72.8 Å². The van der Waals surface area contributed by atoms with Crippen molar-refractivity contribution in [2.24, 2.45) is 0 Å². The lowest BCUT2D eigenvalue weighted by Crippen LogP contribution is -2.26. The quantitative estimate of drug-likeness (QED) is 0.0396. The molecule has 2 aliphatic rings. The maximum atomic E-state index is 2.73. The maximum Gasteiger partial charge on any atom is 0.0215 e. The van der Waals surface area contributed by atoms with Crippen LogP contribution in [0.4, 0.5) is 0 Å². The van der Waals surface area contributed by atoms with Crippen LogP contribution in [0.25, 0.3) is 33.4 Å². The molecular weight excluding hydrogens is 817 g/mol. The van der Waals surface area contributed by atoms with Gasteiger partial charge in [-0.3, -0.25) is 0 Å². The SMILES string of the molecule is CCCCCCCCCCCCC1(CCCCCCCCCCCC)c2cc(C)ccc2-c2ccc(-c3ccc4c(c3)C(CCCCCCCC)(CCCCCCCC)c3cc(C)ccc3-4)cc21. The molecule has 0 N–H and O–H groups in total. The van der Waals surface area contributed by atoms with Gasteiger partial charge >= 0.3 is 0 Å². The topological polar surface area (TPSA) is 0 Å². The fourth-order valence-electron chi connectivity index (χ4n) is 13.1. The zero-order chi connectivity index (χ0) is 47.9. The minimum absolute atomic E-state index is 0.0940. The molecule has 68 heavy (non-hydrogen) atoms. The van der Waals surface area contributed by atoms with E-state index in [-0.39, 0.29) is 10.8 Å². The van der Waals surface area contributed by atoms with Crippen molar-refractivity contribution in [2.75, 3.05) is 0 Å². The predicted molar refractivity (Wildman–Crippen MR) is 303 cm³/mol. The number of hydrogen-bond donors (Lipinski definition) is 0. The summed E-state index contributed by atoms with van der Waals surface area (Å²) in [6.45, 7) is 14.0. The number of fused-ring (bicyclic) bond motifs is 6. The summed E-state index contributed by atoms with van der Waals surface area (Å²) in [7, 11) is 0. The van der Waals surface area contributed by atoms with E-state index in [1.807, 2.05) is 0 Å². The van der Waals surface area contributed by atoms with Gasteiger partial charge in [0, 0.05) is 10.8 Å². The van der Waals surface area contributed by atoms with Crippen molar-refractivity contribution in [2.45, 2.75) is 284 Å². The third-order valence-corrected chi connectivity index (χ3v) is 17.2. The van der Waals surface area contributed by atoms with Crippen LogP contribution in [0.3, 0.4) is 0 Å². The molecule has 0 nitrogen and oxygen atoms in total. The van der Waals surface area contributed by atoms with E-state index in [0.717, 1.165) is 0 Å². The lowest BCUT2D eigenvalue weighted by molar-refractivity contribution is 0.396.